The minimum atomic E-state index is -4.71. The van der Waals surface area contributed by atoms with Crippen LogP contribution in [0.15, 0.2) is 34.3 Å². The van der Waals surface area contributed by atoms with Gasteiger partial charge in [0.15, 0.2) is 5.96 Å². The van der Waals surface area contributed by atoms with Gasteiger partial charge in [0.25, 0.3) is 0 Å². The van der Waals surface area contributed by atoms with Crippen LogP contribution >= 0.6 is 12.4 Å². The molecule has 11 heteroatoms. The molecule has 7 nitrogen and oxygen atoms in total. The summed E-state index contributed by atoms with van der Waals surface area (Å²) in [6.45, 7) is 3.48. The van der Waals surface area contributed by atoms with E-state index < -0.39 is 6.36 Å². The van der Waals surface area contributed by atoms with Crippen LogP contribution < -0.4 is 16.2 Å². The van der Waals surface area contributed by atoms with E-state index in [1.54, 1.807) is 0 Å². The molecule has 0 spiro atoms. The molecule has 1 aromatic carbocycles. The van der Waals surface area contributed by atoms with Crippen molar-refractivity contribution in [3.05, 3.63) is 29.8 Å². The van der Waals surface area contributed by atoms with Crippen LogP contribution in [0.5, 0.6) is 5.75 Å². The second kappa shape index (κ2) is 9.48. The van der Waals surface area contributed by atoms with Gasteiger partial charge in [0.2, 0.25) is 5.96 Å². The van der Waals surface area contributed by atoms with Crippen molar-refractivity contribution in [1.82, 2.24) is 9.80 Å². The number of aliphatic imine (C=N–C) groups is 2. The largest absolute Gasteiger partial charge is 0.573 e. The van der Waals surface area contributed by atoms with Crippen LogP contribution in [0.1, 0.15) is 5.56 Å². The molecule has 1 aromatic rings. The highest BCUT2D eigenvalue weighted by molar-refractivity contribution is 5.93. The monoisotopic (exact) mass is 394 g/mol. The van der Waals surface area contributed by atoms with Crippen molar-refractivity contribution in [1.29, 1.82) is 0 Å². The van der Waals surface area contributed by atoms with Gasteiger partial charge < -0.3 is 26.0 Å². The van der Waals surface area contributed by atoms with E-state index in [9.17, 15) is 13.2 Å². The summed E-state index contributed by atoms with van der Waals surface area (Å²) < 4.78 is 40.1. The molecule has 1 aliphatic rings. The lowest BCUT2D eigenvalue weighted by Crippen LogP contribution is -2.50. The smallest absolute Gasteiger partial charge is 0.406 e. The van der Waals surface area contributed by atoms with Crippen LogP contribution in [-0.4, -0.2) is 61.3 Å². The molecule has 0 aliphatic carbocycles. The van der Waals surface area contributed by atoms with Crippen LogP contribution in [0, 0.1) is 0 Å². The van der Waals surface area contributed by atoms with Crippen molar-refractivity contribution >= 4 is 24.3 Å². The second-order valence-corrected chi connectivity index (χ2v) is 5.63. The van der Waals surface area contributed by atoms with Gasteiger partial charge in [-0.15, -0.1) is 25.6 Å². The average molecular weight is 395 g/mol. The Morgan fingerprint density at radius 1 is 1.12 bits per heavy atom. The molecular formula is C15H22ClF3N6O. The van der Waals surface area contributed by atoms with Crippen LogP contribution in [-0.2, 0) is 6.54 Å². The van der Waals surface area contributed by atoms with E-state index in [1.165, 1.54) is 24.3 Å². The van der Waals surface area contributed by atoms with Crippen molar-refractivity contribution in [3.63, 3.8) is 0 Å². The molecule has 0 radical (unpaired) electrons. The standard InChI is InChI=1S/C15H21F3N6O.ClH/c1-23-6-8-24(9-7-23)14(20)22-13(19)21-10-11-2-4-12(5-3-11)25-15(16,17)18;/h2-5H,6-10H2,1H3,(H4,19,20,21,22);1H. The fourth-order valence-corrected chi connectivity index (χ4v) is 2.23. The third-order valence-corrected chi connectivity index (χ3v) is 3.64. The molecule has 0 unspecified atom stereocenters. The summed E-state index contributed by atoms with van der Waals surface area (Å²) in [5.74, 6) is 0.0425. The van der Waals surface area contributed by atoms with Crippen molar-refractivity contribution in [2.75, 3.05) is 33.2 Å². The summed E-state index contributed by atoms with van der Waals surface area (Å²) in [6, 6.07) is 5.39. The molecule has 1 heterocycles. The van der Waals surface area contributed by atoms with E-state index in [4.69, 9.17) is 11.5 Å². The average Bonchev–Trinajstić information content (AvgIpc) is 2.53. The quantitative estimate of drug-likeness (QED) is 0.597. The van der Waals surface area contributed by atoms with Gasteiger partial charge in [0, 0.05) is 26.2 Å². The number of nitrogens with two attached hydrogens (primary N) is 2. The maximum absolute atomic E-state index is 12.1. The van der Waals surface area contributed by atoms with E-state index in [0.717, 1.165) is 26.2 Å². The van der Waals surface area contributed by atoms with Gasteiger partial charge in [-0.3, -0.25) is 0 Å². The Morgan fingerprint density at radius 3 is 2.23 bits per heavy atom. The van der Waals surface area contributed by atoms with Gasteiger partial charge in [0.1, 0.15) is 5.75 Å². The number of hydrogen-bond donors (Lipinski definition) is 2. The second-order valence-electron chi connectivity index (χ2n) is 5.63. The highest BCUT2D eigenvalue weighted by Crippen LogP contribution is 2.22. The Balaban J connectivity index is 0.00000338. The molecule has 1 aliphatic heterocycles. The van der Waals surface area contributed by atoms with Gasteiger partial charge in [0.05, 0.1) is 6.54 Å². The van der Waals surface area contributed by atoms with Crippen molar-refractivity contribution in [2.45, 2.75) is 12.9 Å². The molecule has 26 heavy (non-hydrogen) atoms. The molecular weight excluding hydrogens is 373 g/mol. The first-order valence-corrected chi connectivity index (χ1v) is 7.65. The summed E-state index contributed by atoms with van der Waals surface area (Å²) in [6.07, 6.45) is -4.71. The summed E-state index contributed by atoms with van der Waals surface area (Å²) in [5, 5.41) is 0. The van der Waals surface area contributed by atoms with Crippen molar-refractivity contribution in [3.8, 4) is 5.75 Å². The maximum atomic E-state index is 12.1. The summed E-state index contributed by atoms with van der Waals surface area (Å²) in [5.41, 5.74) is 12.3. The normalized spacial score (nSPS) is 17.0. The fourth-order valence-electron chi connectivity index (χ4n) is 2.23. The predicted octanol–water partition coefficient (Wildman–Crippen LogP) is 1.38. The molecule has 0 saturated carbocycles. The predicted molar refractivity (Wildman–Crippen MR) is 96.4 cm³/mol. The maximum Gasteiger partial charge on any atom is 0.573 e. The minimum Gasteiger partial charge on any atom is -0.406 e. The SMILES string of the molecule is CN1CCN(C(N)=NC(N)=NCc2ccc(OC(F)(F)F)cc2)CC1.Cl. The number of nitrogens with zero attached hydrogens (tertiary/aromatic N) is 4. The summed E-state index contributed by atoms with van der Waals surface area (Å²) in [4.78, 5) is 12.2. The van der Waals surface area contributed by atoms with Crippen LogP contribution in [0.4, 0.5) is 13.2 Å². The lowest BCUT2D eigenvalue weighted by Gasteiger charge is -2.32. The topological polar surface area (TPSA) is 92.5 Å². The number of likely N-dealkylation sites (N-methyl/N-ethyl adjacent to an activating group) is 1. The number of guanidine groups is 2. The lowest BCUT2D eigenvalue weighted by atomic mass is 10.2. The molecule has 0 atom stereocenters. The molecule has 1 saturated heterocycles. The van der Waals surface area contributed by atoms with Crippen LogP contribution in [0.3, 0.4) is 0 Å². The first-order chi connectivity index (χ1) is 11.7. The number of halogens is 4. The van der Waals surface area contributed by atoms with Crippen LogP contribution in [0.25, 0.3) is 0 Å². The van der Waals surface area contributed by atoms with Crippen LogP contribution in [0.2, 0.25) is 0 Å². The first kappa shape index (κ1) is 21.8. The van der Waals surface area contributed by atoms with Gasteiger partial charge in [-0.05, 0) is 24.7 Å². The number of alkyl halides is 3. The third-order valence-electron chi connectivity index (χ3n) is 3.64. The molecule has 0 amide bonds. The Kier molecular flexibility index (Phi) is 7.97. The zero-order chi connectivity index (χ0) is 18.4. The number of hydrogen-bond acceptors (Lipinski definition) is 3. The first-order valence-electron chi connectivity index (χ1n) is 7.65. The number of piperazine rings is 1. The van der Waals surface area contributed by atoms with Gasteiger partial charge >= 0.3 is 6.36 Å². The minimum absolute atomic E-state index is 0. The molecule has 1 fully saturated rings. The van der Waals surface area contributed by atoms with E-state index in [1.807, 2.05) is 11.9 Å². The lowest BCUT2D eigenvalue weighted by molar-refractivity contribution is -0.274. The Morgan fingerprint density at radius 2 is 1.69 bits per heavy atom. The van der Waals surface area contributed by atoms with E-state index >= 15 is 0 Å². The summed E-state index contributed by atoms with van der Waals surface area (Å²) >= 11 is 0. The zero-order valence-corrected chi connectivity index (χ0v) is 15.1. The highest BCUT2D eigenvalue weighted by atomic mass is 35.5. The summed E-state index contributed by atoms with van der Waals surface area (Å²) in [7, 11) is 2.03. The molecule has 0 bridgehead atoms. The Bertz CT molecular complexity index is 627. The molecule has 0 aromatic heterocycles. The number of ether oxygens (including phenoxy) is 1. The van der Waals surface area contributed by atoms with Gasteiger partial charge in [-0.25, -0.2) is 4.99 Å². The molecule has 146 valence electrons. The third kappa shape index (κ3) is 7.36. The number of rotatable bonds is 3. The van der Waals surface area contributed by atoms with Gasteiger partial charge in [-0.2, -0.15) is 4.99 Å². The Hall–Kier alpha value is -2.20. The van der Waals surface area contributed by atoms with Gasteiger partial charge in [-0.1, -0.05) is 12.1 Å². The number of benzene rings is 1. The molecule has 2 rings (SSSR count). The highest BCUT2D eigenvalue weighted by Gasteiger charge is 2.30. The Labute approximate surface area is 155 Å². The van der Waals surface area contributed by atoms with E-state index in [0.29, 0.717) is 11.5 Å². The van der Waals surface area contributed by atoms with Crippen molar-refractivity contribution in [2.24, 2.45) is 21.5 Å². The van der Waals surface area contributed by atoms with E-state index in [-0.39, 0.29) is 30.7 Å². The zero-order valence-electron chi connectivity index (χ0n) is 14.2. The van der Waals surface area contributed by atoms with Crippen molar-refractivity contribution < 1.29 is 17.9 Å². The van der Waals surface area contributed by atoms with E-state index in [2.05, 4.69) is 19.6 Å². The molecule has 4 N–H and O–H groups in total. The fraction of sp³-hybridized carbons (Fsp3) is 0.467.